The SMILES string of the molecule is O=C(O)c1cccc(-c2ccccc2)c1C(Cc1ccccc1)c1ccc(OS(=O)(=O)C(F)(F)F)cn1. The number of carbonyl (C=O) groups is 1. The minimum absolute atomic E-state index is 0.0454. The standard InChI is InChI=1S/C27H20F3NO5S/c28-27(29,30)37(34,35)36-20-14-15-24(31-17-20)23(16-18-8-3-1-4-9-18)25-21(19-10-5-2-6-11-19)12-7-13-22(25)26(32)33/h1-15,17,23H,16H2,(H,32,33). The van der Waals surface area contributed by atoms with Crippen LogP contribution < -0.4 is 4.18 Å². The van der Waals surface area contributed by atoms with Crippen molar-refractivity contribution in [2.75, 3.05) is 0 Å². The van der Waals surface area contributed by atoms with E-state index >= 15 is 0 Å². The molecule has 0 aliphatic carbocycles. The number of nitrogens with zero attached hydrogens (tertiary/aromatic N) is 1. The number of aromatic nitrogens is 1. The minimum Gasteiger partial charge on any atom is -0.478 e. The quantitative estimate of drug-likeness (QED) is 0.222. The zero-order valence-corrected chi connectivity index (χ0v) is 19.9. The van der Waals surface area contributed by atoms with Crippen molar-refractivity contribution in [3.05, 3.63) is 120 Å². The largest absolute Gasteiger partial charge is 0.534 e. The fourth-order valence-electron chi connectivity index (χ4n) is 4.02. The van der Waals surface area contributed by atoms with Crippen molar-refractivity contribution in [2.24, 2.45) is 0 Å². The maximum absolute atomic E-state index is 12.7. The number of carboxylic acids is 1. The molecule has 0 radical (unpaired) electrons. The van der Waals surface area contributed by atoms with E-state index < -0.39 is 33.3 Å². The third-order valence-electron chi connectivity index (χ3n) is 5.66. The molecule has 0 aliphatic rings. The van der Waals surface area contributed by atoms with Crippen molar-refractivity contribution in [3.8, 4) is 16.9 Å². The first-order valence-corrected chi connectivity index (χ1v) is 12.4. The second kappa shape index (κ2) is 10.4. The van der Waals surface area contributed by atoms with E-state index in [-0.39, 0.29) is 5.56 Å². The van der Waals surface area contributed by atoms with Crippen LogP contribution in [0.1, 0.15) is 33.1 Å². The maximum atomic E-state index is 12.7. The van der Waals surface area contributed by atoms with E-state index in [1.807, 2.05) is 60.7 Å². The summed E-state index contributed by atoms with van der Waals surface area (Å²) >= 11 is 0. The summed E-state index contributed by atoms with van der Waals surface area (Å²) in [6.45, 7) is 0. The number of halogens is 3. The molecule has 1 unspecified atom stereocenters. The molecule has 4 rings (SSSR count). The van der Waals surface area contributed by atoms with E-state index in [1.165, 1.54) is 12.1 Å². The Balaban J connectivity index is 1.86. The zero-order chi connectivity index (χ0) is 26.6. The predicted octanol–water partition coefficient (Wildman–Crippen LogP) is 6.05. The number of pyridine rings is 1. The van der Waals surface area contributed by atoms with Crippen molar-refractivity contribution >= 4 is 16.1 Å². The lowest BCUT2D eigenvalue weighted by Gasteiger charge is -2.23. The molecule has 1 N–H and O–H groups in total. The summed E-state index contributed by atoms with van der Waals surface area (Å²) in [4.78, 5) is 16.5. The number of hydrogen-bond donors (Lipinski definition) is 1. The number of aromatic carboxylic acids is 1. The van der Waals surface area contributed by atoms with Crippen LogP contribution in [0.25, 0.3) is 11.1 Å². The Kier molecular flexibility index (Phi) is 7.30. The molecule has 1 aromatic heterocycles. The van der Waals surface area contributed by atoms with Gasteiger partial charge in [-0.1, -0.05) is 72.8 Å². The van der Waals surface area contributed by atoms with E-state index in [1.54, 1.807) is 12.1 Å². The van der Waals surface area contributed by atoms with Crippen LogP contribution in [-0.2, 0) is 16.5 Å². The molecule has 0 saturated carbocycles. The van der Waals surface area contributed by atoms with Gasteiger partial charge in [-0.15, -0.1) is 0 Å². The summed E-state index contributed by atoms with van der Waals surface area (Å²) in [5.74, 6) is -2.41. The molecule has 0 fully saturated rings. The van der Waals surface area contributed by atoms with Crippen molar-refractivity contribution in [1.82, 2.24) is 4.98 Å². The maximum Gasteiger partial charge on any atom is 0.534 e. The highest BCUT2D eigenvalue weighted by molar-refractivity contribution is 7.88. The van der Waals surface area contributed by atoms with Gasteiger partial charge in [0.25, 0.3) is 0 Å². The van der Waals surface area contributed by atoms with E-state index in [4.69, 9.17) is 0 Å². The molecular formula is C27H20F3NO5S. The average molecular weight is 528 g/mol. The van der Waals surface area contributed by atoms with Gasteiger partial charge >= 0.3 is 21.6 Å². The Morgan fingerprint density at radius 1 is 0.892 bits per heavy atom. The zero-order valence-electron chi connectivity index (χ0n) is 19.1. The van der Waals surface area contributed by atoms with Crippen LogP contribution in [0.2, 0.25) is 0 Å². The number of carboxylic acid groups (broad SMARTS) is 1. The summed E-state index contributed by atoms with van der Waals surface area (Å²) in [7, 11) is -5.86. The van der Waals surface area contributed by atoms with Gasteiger partial charge in [-0.05, 0) is 46.9 Å². The Labute approximate surface area is 211 Å². The van der Waals surface area contributed by atoms with Crippen LogP contribution in [0.15, 0.2) is 97.2 Å². The van der Waals surface area contributed by atoms with E-state index in [0.717, 1.165) is 23.4 Å². The molecule has 0 amide bonds. The predicted molar refractivity (Wildman–Crippen MR) is 131 cm³/mol. The molecule has 0 spiro atoms. The topological polar surface area (TPSA) is 93.6 Å². The van der Waals surface area contributed by atoms with E-state index in [9.17, 15) is 31.5 Å². The van der Waals surface area contributed by atoms with Gasteiger partial charge in [0, 0.05) is 11.6 Å². The second-order valence-electron chi connectivity index (χ2n) is 8.08. The number of hydrogen-bond acceptors (Lipinski definition) is 5. The first-order valence-electron chi connectivity index (χ1n) is 11.0. The third kappa shape index (κ3) is 5.80. The second-order valence-corrected chi connectivity index (χ2v) is 9.62. The van der Waals surface area contributed by atoms with Crippen LogP contribution in [0.3, 0.4) is 0 Å². The molecular weight excluding hydrogens is 507 g/mol. The Bertz CT molecular complexity index is 1490. The molecule has 190 valence electrons. The Morgan fingerprint density at radius 3 is 2.11 bits per heavy atom. The molecule has 1 heterocycles. The molecule has 0 saturated heterocycles. The van der Waals surface area contributed by atoms with Crippen LogP contribution in [0.5, 0.6) is 5.75 Å². The monoisotopic (exact) mass is 527 g/mol. The number of alkyl halides is 3. The van der Waals surface area contributed by atoms with Crippen molar-refractivity contribution in [3.63, 3.8) is 0 Å². The normalized spacial score (nSPS) is 12.6. The van der Waals surface area contributed by atoms with E-state index in [0.29, 0.717) is 23.2 Å². The van der Waals surface area contributed by atoms with Crippen molar-refractivity contribution < 1.29 is 35.7 Å². The first-order chi connectivity index (χ1) is 17.6. The fourth-order valence-corrected chi connectivity index (χ4v) is 4.47. The van der Waals surface area contributed by atoms with Crippen LogP contribution in [-0.4, -0.2) is 30.0 Å². The third-order valence-corrected chi connectivity index (χ3v) is 6.64. The Morgan fingerprint density at radius 2 is 1.54 bits per heavy atom. The summed E-state index contributed by atoms with van der Waals surface area (Å²) in [5.41, 5.74) is -2.46. The van der Waals surface area contributed by atoms with Gasteiger partial charge in [-0.3, -0.25) is 4.98 Å². The Hall–Kier alpha value is -4.18. The van der Waals surface area contributed by atoms with Crippen LogP contribution in [0.4, 0.5) is 13.2 Å². The fraction of sp³-hybridized carbons (Fsp3) is 0.111. The van der Waals surface area contributed by atoms with Gasteiger partial charge < -0.3 is 9.29 Å². The van der Waals surface area contributed by atoms with Crippen molar-refractivity contribution in [1.29, 1.82) is 0 Å². The highest BCUT2D eigenvalue weighted by Gasteiger charge is 2.48. The molecule has 3 aromatic carbocycles. The van der Waals surface area contributed by atoms with Crippen LogP contribution >= 0.6 is 0 Å². The molecule has 0 aliphatic heterocycles. The minimum atomic E-state index is -5.86. The molecule has 10 heteroatoms. The van der Waals surface area contributed by atoms with Gasteiger partial charge in [-0.25, -0.2) is 4.79 Å². The molecule has 0 bridgehead atoms. The lowest BCUT2D eigenvalue weighted by atomic mass is 9.81. The summed E-state index contributed by atoms with van der Waals surface area (Å²) in [6, 6.07) is 25.7. The van der Waals surface area contributed by atoms with Gasteiger partial charge in [-0.2, -0.15) is 21.6 Å². The molecule has 1 atom stereocenters. The smallest absolute Gasteiger partial charge is 0.478 e. The molecule has 4 aromatic rings. The van der Waals surface area contributed by atoms with Gasteiger partial charge in [0.2, 0.25) is 0 Å². The summed E-state index contributed by atoms with van der Waals surface area (Å²) < 4.78 is 65.1. The number of benzene rings is 3. The van der Waals surface area contributed by atoms with Gasteiger partial charge in [0.15, 0.2) is 5.75 Å². The van der Waals surface area contributed by atoms with E-state index in [2.05, 4.69) is 9.17 Å². The van der Waals surface area contributed by atoms with Gasteiger partial charge in [0.1, 0.15) is 0 Å². The van der Waals surface area contributed by atoms with Crippen molar-refractivity contribution in [2.45, 2.75) is 17.8 Å². The summed E-state index contributed by atoms with van der Waals surface area (Å²) in [5, 5.41) is 10.0. The lowest BCUT2D eigenvalue weighted by molar-refractivity contribution is -0.0500. The van der Waals surface area contributed by atoms with Gasteiger partial charge in [0.05, 0.1) is 11.8 Å². The lowest BCUT2D eigenvalue weighted by Crippen LogP contribution is -2.28. The average Bonchev–Trinajstić information content (AvgIpc) is 2.88. The molecule has 6 nitrogen and oxygen atoms in total. The first kappa shape index (κ1) is 25.9. The molecule has 37 heavy (non-hydrogen) atoms. The summed E-state index contributed by atoms with van der Waals surface area (Å²) in [6.07, 6.45) is 1.20. The highest BCUT2D eigenvalue weighted by atomic mass is 32.2. The van der Waals surface area contributed by atoms with Crippen LogP contribution in [0, 0.1) is 0 Å². The number of rotatable bonds is 8. The highest BCUT2D eigenvalue weighted by Crippen LogP contribution is 2.38.